The molecule has 2 amide bonds. The molecule has 0 unspecified atom stereocenters. The van der Waals surface area contributed by atoms with E-state index < -0.39 is 0 Å². The van der Waals surface area contributed by atoms with Crippen LogP contribution in [0.2, 0.25) is 5.02 Å². The van der Waals surface area contributed by atoms with Gasteiger partial charge in [-0.2, -0.15) is 0 Å². The number of piperazine rings is 1. The molecule has 2 aromatic carbocycles. The van der Waals surface area contributed by atoms with Crippen LogP contribution in [-0.2, 0) is 4.79 Å². The summed E-state index contributed by atoms with van der Waals surface area (Å²) in [5.74, 6) is 0.480. The van der Waals surface area contributed by atoms with Gasteiger partial charge in [-0.05, 0) is 30.2 Å². The lowest BCUT2D eigenvalue weighted by atomic mass is 10.0. The molecule has 0 aliphatic carbocycles. The van der Waals surface area contributed by atoms with Crippen molar-refractivity contribution in [2.45, 2.75) is 20.3 Å². The molecule has 3 aromatic rings. The molecule has 1 aliphatic rings. The summed E-state index contributed by atoms with van der Waals surface area (Å²) in [5.41, 5.74) is 3.07. The number of rotatable bonds is 4. The van der Waals surface area contributed by atoms with Crippen molar-refractivity contribution in [3.05, 3.63) is 65.2 Å². The Bertz CT molecular complexity index is 1100. The molecule has 1 aromatic heterocycles. The van der Waals surface area contributed by atoms with Gasteiger partial charge in [0.15, 0.2) is 0 Å². The van der Waals surface area contributed by atoms with Crippen molar-refractivity contribution in [1.82, 2.24) is 14.8 Å². The number of benzene rings is 2. The Morgan fingerprint density at radius 3 is 2.29 bits per heavy atom. The number of aromatic nitrogens is 1. The zero-order chi connectivity index (χ0) is 22.0. The summed E-state index contributed by atoms with van der Waals surface area (Å²) in [6, 6.07) is 17.0. The summed E-state index contributed by atoms with van der Waals surface area (Å²) in [6.07, 6.45) is 0.549. The number of carbonyl (C=O) groups excluding carboxylic acids is 2. The number of nitrogens with zero attached hydrogens (tertiary/aromatic N) is 3. The number of halogens is 1. The number of amides is 2. The largest absolute Gasteiger partial charge is 0.339 e. The molecular formula is C25H26ClN3O2. The quantitative estimate of drug-likeness (QED) is 0.586. The number of carbonyl (C=O) groups is 2. The van der Waals surface area contributed by atoms with E-state index in [-0.39, 0.29) is 11.8 Å². The monoisotopic (exact) mass is 435 g/mol. The zero-order valence-corrected chi connectivity index (χ0v) is 18.6. The molecule has 1 fully saturated rings. The van der Waals surface area contributed by atoms with E-state index in [1.54, 1.807) is 0 Å². The van der Waals surface area contributed by atoms with E-state index in [9.17, 15) is 9.59 Å². The molecule has 6 heteroatoms. The number of pyridine rings is 1. The second-order valence-electron chi connectivity index (χ2n) is 8.35. The highest BCUT2D eigenvalue weighted by Crippen LogP contribution is 2.27. The Hall–Kier alpha value is -2.92. The smallest absolute Gasteiger partial charge is 0.254 e. The van der Waals surface area contributed by atoms with Crippen molar-refractivity contribution in [1.29, 1.82) is 0 Å². The SMILES string of the molecule is CC(C)CC(=O)N1CCN(C(=O)c2cc(-c3ccc(Cl)cc3)nc3ccccc23)CC1. The van der Waals surface area contributed by atoms with Crippen LogP contribution >= 0.6 is 11.6 Å². The molecule has 0 saturated carbocycles. The first-order valence-electron chi connectivity index (χ1n) is 10.6. The first-order valence-corrected chi connectivity index (χ1v) is 11.0. The van der Waals surface area contributed by atoms with Gasteiger partial charge >= 0.3 is 0 Å². The van der Waals surface area contributed by atoms with Gasteiger partial charge in [0.1, 0.15) is 0 Å². The van der Waals surface area contributed by atoms with Crippen LogP contribution in [0, 0.1) is 5.92 Å². The third kappa shape index (κ3) is 4.72. The number of hydrogen-bond donors (Lipinski definition) is 0. The van der Waals surface area contributed by atoms with Crippen molar-refractivity contribution in [2.75, 3.05) is 26.2 Å². The van der Waals surface area contributed by atoms with E-state index in [0.717, 1.165) is 22.2 Å². The maximum atomic E-state index is 13.5. The molecule has 0 radical (unpaired) electrons. The summed E-state index contributed by atoms with van der Waals surface area (Å²) in [7, 11) is 0. The van der Waals surface area contributed by atoms with Gasteiger partial charge in [0.25, 0.3) is 5.91 Å². The summed E-state index contributed by atoms with van der Waals surface area (Å²) in [4.78, 5) is 34.3. The molecule has 4 rings (SSSR count). The minimum absolute atomic E-state index is 0.0234. The Balaban J connectivity index is 1.61. The first-order chi connectivity index (χ1) is 14.9. The fraction of sp³-hybridized carbons (Fsp3) is 0.320. The lowest BCUT2D eigenvalue weighted by molar-refractivity contribution is -0.133. The number of para-hydroxylation sites is 1. The van der Waals surface area contributed by atoms with Crippen LogP contribution in [0.3, 0.4) is 0 Å². The van der Waals surface area contributed by atoms with Gasteiger partial charge in [-0.25, -0.2) is 4.98 Å². The first kappa shape index (κ1) is 21.3. The minimum atomic E-state index is -0.0234. The predicted octanol–water partition coefficient (Wildman–Crippen LogP) is 4.89. The van der Waals surface area contributed by atoms with Crippen molar-refractivity contribution in [3.63, 3.8) is 0 Å². The Labute approximate surface area is 187 Å². The average molecular weight is 436 g/mol. The van der Waals surface area contributed by atoms with E-state index in [0.29, 0.717) is 49.1 Å². The molecule has 0 bridgehead atoms. The van der Waals surface area contributed by atoms with Gasteiger partial charge in [0, 0.05) is 48.6 Å². The van der Waals surface area contributed by atoms with Crippen LogP contribution in [0.5, 0.6) is 0 Å². The fourth-order valence-corrected chi connectivity index (χ4v) is 4.05. The standard InChI is InChI=1S/C25H26ClN3O2/c1-17(2)15-24(30)28-11-13-29(14-12-28)25(31)21-16-23(18-7-9-19(26)10-8-18)27-22-6-4-3-5-20(21)22/h3-10,16-17H,11-15H2,1-2H3. The van der Waals surface area contributed by atoms with Gasteiger partial charge in [-0.1, -0.05) is 55.8 Å². The maximum Gasteiger partial charge on any atom is 0.254 e. The maximum absolute atomic E-state index is 13.5. The third-order valence-corrected chi connectivity index (χ3v) is 5.84. The summed E-state index contributed by atoms with van der Waals surface area (Å²) < 4.78 is 0. The molecule has 160 valence electrons. The van der Waals surface area contributed by atoms with Gasteiger partial charge in [0.2, 0.25) is 5.91 Å². The molecule has 31 heavy (non-hydrogen) atoms. The third-order valence-electron chi connectivity index (χ3n) is 5.59. The Morgan fingerprint density at radius 2 is 1.61 bits per heavy atom. The van der Waals surface area contributed by atoms with E-state index >= 15 is 0 Å². The molecule has 0 atom stereocenters. The summed E-state index contributed by atoms with van der Waals surface area (Å²) >= 11 is 6.03. The van der Waals surface area contributed by atoms with E-state index in [4.69, 9.17) is 16.6 Å². The number of hydrogen-bond acceptors (Lipinski definition) is 3. The zero-order valence-electron chi connectivity index (χ0n) is 17.8. The highest BCUT2D eigenvalue weighted by atomic mass is 35.5. The molecular weight excluding hydrogens is 410 g/mol. The van der Waals surface area contributed by atoms with Crippen LogP contribution in [0.1, 0.15) is 30.6 Å². The highest BCUT2D eigenvalue weighted by molar-refractivity contribution is 6.30. The van der Waals surface area contributed by atoms with Crippen molar-refractivity contribution >= 4 is 34.3 Å². The van der Waals surface area contributed by atoms with Crippen LogP contribution in [-0.4, -0.2) is 52.8 Å². The molecule has 5 nitrogen and oxygen atoms in total. The van der Waals surface area contributed by atoms with E-state index in [1.807, 2.05) is 78.2 Å². The average Bonchev–Trinajstić information content (AvgIpc) is 2.78. The highest BCUT2D eigenvalue weighted by Gasteiger charge is 2.26. The van der Waals surface area contributed by atoms with Crippen LogP contribution in [0.15, 0.2) is 54.6 Å². The Morgan fingerprint density at radius 1 is 0.968 bits per heavy atom. The van der Waals surface area contributed by atoms with Gasteiger partial charge in [0.05, 0.1) is 16.8 Å². The second kappa shape index (κ2) is 9.06. The lowest BCUT2D eigenvalue weighted by Crippen LogP contribution is -2.50. The van der Waals surface area contributed by atoms with Crippen molar-refractivity contribution in [3.8, 4) is 11.3 Å². The van der Waals surface area contributed by atoms with E-state index in [1.165, 1.54) is 0 Å². The van der Waals surface area contributed by atoms with Crippen molar-refractivity contribution < 1.29 is 9.59 Å². The molecule has 2 heterocycles. The van der Waals surface area contributed by atoms with E-state index in [2.05, 4.69) is 0 Å². The summed E-state index contributed by atoms with van der Waals surface area (Å²) in [6.45, 7) is 6.31. The molecule has 0 N–H and O–H groups in total. The van der Waals surface area contributed by atoms with Crippen LogP contribution in [0.25, 0.3) is 22.2 Å². The van der Waals surface area contributed by atoms with Gasteiger partial charge in [-0.15, -0.1) is 0 Å². The topological polar surface area (TPSA) is 53.5 Å². The Kier molecular flexibility index (Phi) is 6.23. The minimum Gasteiger partial charge on any atom is -0.339 e. The van der Waals surface area contributed by atoms with Crippen LogP contribution < -0.4 is 0 Å². The van der Waals surface area contributed by atoms with Crippen LogP contribution in [0.4, 0.5) is 0 Å². The van der Waals surface area contributed by atoms with Gasteiger partial charge < -0.3 is 9.80 Å². The summed E-state index contributed by atoms with van der Waals surface area (Å²) in [5, 5.41) is 1.49. The normalized spacial score (nSPS) is 14.3. The second-order valence-corrected chi connectivity index (χ2v) is 8.79. The molecule has 1 aliphatic heterocycles. The fourth-order valence-electron chi connectivity index (χ4n) is 3.93. The molecule has 0 spiro atoms. The van der Waals surface area contributed by atoms with Crippen molar-refractivity contribution in [2.24, 2.45) is 5.92 Å². The number of fused-ring (bicyclic) bond motifs is 1. The molecule has 1 saturated heterocycles. The van der Waals surface area contributed by atoms with Gasteiger partial charge in [-0.3, -0.25) is 9.59 Å². The predicted molar refractivity (Wildman–Crippen MR) is 124 cm³/mol. The lowest BCUT2D eigenvalue weighted by Gasteiger charge is -2.35.